The number of hydrogen-bond donors (Lipinski definition) is 3. The maximum absolute atomic E-state index is 12.9. The first-order valence-corrected chi connectivity index (χ1v) is 11.2. The lowest BCUT2D eigenvalue weighted by Crippen LogP contribution is -2.53. The third kappa shape index (κ3) is 4.50. The number of fused-ring (bicyclic) bond motifs is 1. The van der Waals surface area contributed by atoms with Crippen LogP contribution in [-0.4, -0.2) is 56.3 Å². The summed E-state index contributed by atoms with van der Waals surface area (Å²) in [5, 5.41) is 11.8. The molecule has 26 heavy (non-hydrogen) atoms. The van der Waals surface area contributed by atoms with E-state index in [-0.39, 0.29) is 17.2 Å². The maximum Gasteiger partial charge on any atom is 0.326 e. The summed E-state index contributed by atoms with van der Waals surface area (Å²) in [5.41, 5.74) is 0. The predicted molar refractivity (Wildman–Crippen MR) is 104 cm³/mol. The van der Waals surface area contributed by atoms with E-state index in [9.17, 15) is 19.5 Å². The molecule has 0 bridgehead atoms. The van der Waals surface area contributed by atoms with E-state index in [1.165, 1.54) is 24.2 Å². The van der Waals surface area contributed by atoms with E-state index < -0.39 is 23.3 Å². The van der Waals surface area contributed by atoms with Crippen LogP contribution in [-0.2, 0) is 14.4 Å². The molecular weight excluding hydrogens is 372 g/mol. The van der Waals surface area contributed by atoms with E-state index in [4.69, 9.17) is 0 Å². The number of nitrogens with zero attached hydrogens (tertiary/aromatic N) is 1. The van der Waals surface area contributed by atoms with Gasteiger partial charge in [0.2, 0.25) is 11.8 Å². The van der Waals surface area contributed by atoms with Gasteiger partial charge in [0.1, 0.15) is 12.1 Å². The smallest absolute Gasteiger partial charge is 0.326 e. The Morgan fingerprint density at radius 2 is 1.92 bits per heavy atom. The van der Waals surface area contributed by atoms with Crippen LogP contribution < -0.4 is 5.32 Å². The van der Waals surface area contributed by atoms with Crippen molar-refractivity contribution >= 4 is 42.2 Å². The summed E-state index contributed by atoms with van der Waals surface area (Å²) >= 11 is 6.10. The molecule has 3 aliphatic rings. The van der Waals surface area contributed by atoms with Gasteiger partial charge in [-0.2, -0.15) is 12.6 Å². The lowest BCUT2D eigenvalue weighted by atomic mass is 9.86. The number of carbonyl (C=O) groups excluding carboxylic acids is 2. The van der Waals surface area contributed by atoms with Gasteiger partial charge < -0.3 is 15.3 Å². The lowest BCUT2D eigenvalue weighted by molar-refractivity contribution is -0.149. The fourth-order valence-electron chi connectivity index (χ4n) is 4.35. The summed E-state index contributed by atoms with van der Waals surface area (Å²) in [6.45, 7) is 0. The summed E-state index contributed by atoms with van der Waals surface area (Å²) in [7, 11) is 0. The van der Waals surface area contributed by atoms with Crippen LogP contribution >= 0.6 is 24.4 Å². The Morgan fingerprint density at radius 3 is 2.62 bits per heavy atom. The van der Waals surface area contributed by atoms with Gasteiger partial charge in [-0.15, -0.1) is 11.8 Å². The second-order valence-electron chi connectivity index (χ2n) is 7.61. The van der Waals surface area contributed by atoms with E-state index in [0.717, 1.165) is 25.0 Å². The summed E-state index contributed by atoms with van der Waals surface area (Å²) in [5.74, 6) is -0.137. The zero-order chi connectivity index (χ0) is 18.7. The highest BCUT2D eigenvalue weighted by Gasteiger charge is 2.45. The van der Waals surface area contributed by atoms with Crippen molar-refractivity contribution in [3.05, 3.63) is 0 Å². The molecule has 0 aromatic carbocycles. The molecule has 1 aliphatic carbocycles. The highest BCUT2D eigenvalue weighted by atomic mass is 32.2. The van der Waals surface area contributed by atoms with E-state index in [1.807, 2.05) is 0 Å². The Labute approximate surface area is 164 Å². The van der Waals surface area contributed by atoms with Crippen molar-refractivity contribution in [2.45, 2.75) is 80.5 Å². The largest absolute Gasteiger partial charge is 0.480 e. The van der Waals surface area contributed by atoms with Crippen LogP contribution in [0.4, 0.5) is 0 Å². The molecule has 6 nitrogen and oxygen atoms in total. The van der Waals surface area contributed by atoms with Crippen LogP contribution in [0.5, 0.6) is 0 Å². The zero-order valence-electron chi connectivity index (χ0n) is 14.9. The van der Waals surface area contributed by atoms with E-state index in [2.05, 4.69) is 17.9 Å². The molecule has 0 aromatic rings. The third-order valence-electron chi connectivity index (χ3n) is 5.79. The van der Waals surface area contributed by atoms with E-state index in [0.29, 0.717) is 25.2 Å². The Bertz CT molecular complexity index is 553. The van der Waals surface area contributed by atoms with Gasteiger partial charge in [0.15, 0.2) is 0 Å². The molecule has 0 aromatic heterocycles. The van der Waals surface area contributed by atoms with Crippen molar-refractivity contribution in [2.75, 3.05) is 5.75 Å². The van der Waals surface area contributed by atoms with Crippen molar-refractivity contribution in [3.63, 3.8) is 0 Å². The van der Waals surface area contributed by atoms with Crippen LogP contribution in [0.2, 0.25) is 0 Å². The minimum atomic E-state index is -0.960. The number of thiol groups is 1. The monoisotopic (exact) mass is 400 g/mol. The minimum absolute atomic E-state index is 0.0838. The number of aliphatic carboxylic acids is 1. The standard InChI is InChI=1S/C18H28N2O4S2/c21-16(14(25)10-11-4-2-1-3-5-11)19-12-8-9-26-15-7-6-13(18(23)24)20(15)17(12)22/h11-15,25H,1-10H2,(H,19,21)(H,23,24). The molecule has 3 rings (SSSR count). The van der Waals surface area contributed by atoms with Crippen molar-refractivity contribution in [3.8, 4) is 0 Å². The van der Waals surface area contributed by atoms with Crippen molar-refractivity contribution in [1.29, 1.82) is 0 Å². The van der Waals surface area contributed by atoms with Crippen LogP contribution in [0.25, 0.3) is 0 Å². The molecule has 0 spiro atoms. The van der Waals surface area contributed by atoms with Gasteiger partial charge in [0, 0.05) is 0 Å². The van der Waals surface area contributed by atoms with Crippen LogP contribution in [0.3, 0.4) is 0 Å². The number of thioether (sulfide) groups is 1. The topological polar surface area (TPSA) is 86.7 Å². The Balaban J connectivity index is 1.59. The van der Waals surface area contributed by atoms with Crippen molar-refractivity contribution in [1.82, 2.24) is 10.2 Å². The molecule has 0 radical (unpaired) electrons. The van der Waals surface area contributed by atoms with Gasteiger partial charge in [-0.25, -0.2) is 4.79 Å². The number of carboxylic acids is 1. The highest BCUT2D eigenvalue weighted by Crippen LogP contribution is 2.36. The summed E-state index contributed by atoms with van der Waals surface area (Å²) < 4.78 is 0. The zero-order valence-corrected chi connectivity index (χ0v) is 16.6. The van der Waals surface area contributed by atoms with E-state index in [1.54, 1.807) is 11.8 Å². The summed E-state index contributed by atoms with van der Waals surface area (Å²) in [4.78, 5) is 38.4. The molecule has 2 heterocycles. The average molecular weight is 401 g/mol. The van der Waals surface area contributed by atoms with Gasteiger partial charge in [-0.1, -0.05) is 32.1 Å². The van der Waals surface area contributed by atoms with Gasteiger partial charge in [0.05, 0.1) is 10.6 Å². The SMILES string of the molecule is O=C(NC1CCSC2CCC(C(=O)O)N2C1=O)C(S)CC1CCCCC1. The third-order valence-corrected chi connectivity index (χ3v) is 7.55. The molecule has 4 atom stereocenters. The first-order chi connectivity index (χ1) is 12.5. The maximum atomic E-state index is 12.9. The molecular formula is C18H28N2O4S2. The summed E-state index contributed by atoms with van der Waals surface area (Å²) in [6.07, 6.45) is 8.48. The van der Waals surface area contributed by atoms with E-state index >= 15 is 0 Å². The number of hydrogen-bond acceptors (Lipinski definition) is 5. The molecule has 2 aliphatic heterocycles. The molecule has 3 fully saturated rings. The molecule has 146 valence electrons. The average Bonchev–Trinajstić information content (AvgIpc) is 2.99. The number of carboxylic acid groups (broad SMARTS) is 1. The van der Waals surface area contributed by atoms with Gasteiger partial charge >= 0.3 is 5.97 Å². The second kappa shape index (κ2) is 8.87. The molecule has 2 N–H and O–H groups in total. The van der Waals surface area contributed by atoms with Gasteiger partial charge in [-0.05, 0) is 37.4 Å². The van der Waals surface area contributed by atoms with Crippen molar-refractivity contribution < 1.29 is 19.5 Å². The molecule has 8 heteroatoms. The lowest BCUT2D eigenvalue weighted by Gasteiger charge is -2.29. The van der Waals surface area contributed by atoms with Crippen LogP contribution in [0.1, 0.15) is 57.8 Å². The Kier molecular flexibility index (Phi) is 6.77. The van der Waals surface area contributed by atoms with Gasteiger partial charge in [0.25, 0.3) is 0 Å². The molecule has 2 saturated heterocycles. The highest BCUT2D eigenvalue weighted by molar-refractivity contribution is 7.99. The Hall–Kier alpha value is -0.890. The minimum Gasteiger partial charge on any atom is -0.480 e. The second-order valence-corrected chi connectivity index (χ2v) is 9.52. The fourth-order valence-corrected chi connectivity index (χ4v) is 6.08. The number of carbonyl (C=O) groups is 3. The first kappa shape index (κ1) is 19.9. The number of rotatable bonds is 5. The Morgan fingerprint density at radius 1 is 1.19 bits per heavy atom. The molecule has 1 saturated carbocycles. The normalized spacial score (nSPS) is 31.2. The predicted octanol–water partition coefficient (Wildman–Crippen LogP) is 2.28. The summed E-state index contributed by atoms with van der Waals surface area (Å²) in [6, 6.07) is -1.41. The molecule has 2 amide bonds. The first-order valence-electron chi connectivity index (χ1n) is 9.62. The number of nitrogens with one attached hydrogen (secondary N) is 1. The number of amides is 2. The fraction of sp³-hybridized carbons (Fsp3) is 0.833. The quantitative estimate of drug-likeness (QED) is 0.617. The van der Waals surface area contributed by atoms with Crippen molar-refractivity contribution in [2.24, 2.45) is 5.92 Å². The van der Waals surface area contributed by atoms with Gasteiger partial charge in [-0.3, -0.25) is 9.59 Å². The molecule has 4 unspecified atom stereocenters. The van der Waals surface area contributed by atoms with Crippen LogP contribution in [0, 0.1) is 5.92 Å². The van der Waals surface area contributed by atoms with Crippen LogP contribution in [0.15, 0.2) is 0 Å².